The van der Waals surface area contributed by atoms with Gasteiger partial charge in [-0.25, -0.2) is 8.78 Å². The number of fused-ring (bicyclic) bond motifs is 1. The van der Waals surface area contributed by atoms with Gasteiger partial charge in [-0.3, -0.25) is 9.36 Å². The zero-order valence-corrected chi connectivity index (χ0v) is 12.5. The number of pyridine rings is 1. The van der Waals surface area contributed by atoms with Gasteiger partial charge in [-0.2, -0.15) is 0 Å². The topological polar surface area (TPSA) is 22.0 Å². The van der Waals surface area contributed by atoms with E-state index in [1.807, 2.05) is 6.92 Å². The molecule has 0 unspecified atom stereocenters. The minimum Gasteiger partial charge on any atom is -0.278 e. The summed E-state index contributed by atoms with van der Waals surface area (Å²) in [7, 11) is 0. The molecule has 2 aromatic carbocycles. The third-order valence-corrected chi connectivity index (χ3v) is 3.90. The smallest absolute Gasteiger partial charge is 0.264 e. The van der Waals surface area contributed by atoms with Crippen LogP contribution in [0.1, 0.15) is 12.6 Å². The molecular formula is C17H12ClF2NO. The van der Waals surface area contributed by atoms with Gasteiger partial charge < -0.3 is 0 Å². The van der Waals surface area contributed by atoms with Gasteiger partial charge in [0.25, 0.3) is 5.56 Å². The Labute approximate surface area is 130 Å². The molecule has 0 aliphatic heterocycles. The Kier molecular flexibility index (Phi) is 3.71. The van der Waals surface area contributed by atoms with E-state index in [1.165, 1.54) is 4.57 Å². The van der Waals surface area contributed by atoms with Gasteiger partial charge in [0.1, 0.15) is 11.6 Å². The number of hydrogen-bond acceptors (Lipinski definition) is 1. The van der Waals surface area contributed by atoms with Crippen molar-refractivity contribution in [3.05, 3.63) is 75.2 Å². The summed E-state index contributed by atoms with van der Waals surface area (Å²) in [4.78, 5) is 12.8. The van der Waals surface area contributed by atoms with Crippen LogP contribution in [0.4, 0.5) is 8.78 Å². The standard InChI is InChI=1S/C17H12ClF2NO/c1-2-12-8-10-4-3-5-13(18)16(10)17(22)21(12)15-9-11(19)6-7-14(15)20/h3-9H,2H2,1H3. The second kappa shape index (κ2) is 5.54. The monoisotopic (exact) mass is 319 g/mol. The summed E-state index contributed by atoms with van der Waals surface area (Å²) in [6, 6.07) is 9.93. The van der Waals surface area contributed by atoms with Crippen molar-refractivity contribution in [3.8, 4) is 5.69 Å². The Morgan fingerprint density at radius 3 is 2.64 bits per heavy atom. The van der Waals surface area contributed by atoms with Gasteiger partial charge >= 0.3 is 0 Å². The Bertz CT molecular complexity index is 934. The molecule has 3 aromatic rings. The van der Waals surface area contributed by atoms with Gasteiger partial charge in [0.2, 0.25) is 0 Å². The van der Waals surface area contributed by atoms with Crippen LogP contribution >= 0.6 is 11.6 Å². The average Bonchev–Trinajstić information content (AvgIpc) is 2.49. The second-order valence-electron chi connectivity index (χ2n) is 4.93. The molecule has 0 N–H and O–H groups in total. The van der Waals surface area contributed by atoms with Gasteiger partial charge in [-0.1, -0.05) is 30.7 Å². The summed E-state index contributed by atoms with van der Waals surface area (Å²) < 4.78 is 28.8. The van der Waals surface area contributed by atoms with E-state index < -0.39 is 17.2 Å². The molecule has 0 amide bonds. The SMILES string of the molecule is CCc1cc2cccc(Cl)c2c(=O)n1-c1cc(F)ccc1F. The van der Waals surface area contributed by atoms with E-state index in [0.29, 0.717) is 22.9 Å². The van der Waals surface area contributed by atoms with Crippen molar-refractivity contribution in [2.75, 3.05) is 0 Å². The number of nitrogens with zero attached hydrogens (tertiary/aromatic N) is 1. The van der Waals surface area contributed by atoms with Crippen LogP contribution in [0.3, 0.4) is 0 Å². The van der Waals surface area contributed by atoms with Gasteiger partial charge in [0.05, 0.1) is 16.1 Å². The Morgan fingerprint density at radius 2 is 1.91 bits per heavy atom. The normalized spacial score (nSPS) is 11.1. The lowest BCUT2D eigenvalue weighted by Crippen LogP contribution is -2.23. The zero-order chi connectivity index (χ0) is 15.9. The zero-order valence-electron chi connectivity index (χ0n) is 11.7. The van der Waals surface area contributed by atoms with Crippen LogP contribution in [-0.2, 0) is 6.42 Å². The molecule has 0 radical (unpaired) electrons. The first-order valence-electron chi connectivity index (χ1n) is 6.81. The average molecular weight is 320 g/mol. The predicted molar refractivity (Wildman–Crippen MR) is 83.8 cm³/mol. The number of rotatable bonds is 2. The predicted octanol–water partition coefficient (Wildman–Crippen LogP) is 4.48. The Morgan fingerprint density at radius 1 is 1.14 bits per heavy atom. The van der Waals surface area contributed by atoms with Crippen molar-refractivity contribution >= 4 is 22.4 Å². The van der Waals surface area contributed by atoms with Crippen LogP contribution in [0.5, 0.6) is 0 Å². The van der Waals surface area contributed by atoms with Crippen LogP contribution in [0.15, 0.2) is 47.3 Å². The number of aromatic nitrogens is 1. The highest BCUT2D eigenvalue weighted by Crippen LogP contribution is 2.24. The highest BCUT2D eigenvalue weighted by molar-refractivity contribution is 6.35. The maximum absolute atomic E-state index is 14.1. The van der Waals surface area contributed by atoms with Crippen molar-refractivity contribution in [2.24, 2.45) is 0 Å². The van der Waals surface area contributed by atoms with Gasteiger partial charge in [0, 0.05) is 11.8 Å². The molecule has 0 saturated carbocycles. The van der Waals surface area contributed by atoms with Gasteiger partial charge in [-0.05, 0) is 36.1 Å². The third kappa shape index (κ3) is 2.29. The molecule has 2 nitrogen and oxygen atoms in total. The molecule has 0 aliphatic carbocycles. The summed E-state index contributed by atoms with van der Waals surface area (Å²) in [6.07, 6.45) is 0.494. The van der Waals surface area contributed by atoms with E-state index in [9.17, 15) is 13.6 Å². The number of halogens is 3. The Balaban J connectivity index is 2.48. The number of hydrogen-bond donors (Lipinski definition) is 0. The minimum absolute atomic E-state index is 0.108. The first-order chi connectivity index (χ1) is 10.5. The number of benzene rings is 2. The highest BCUT2D eigenvalue weighted by Gasteiger charge is 2.15. The molecule has 0 atom stereocenters. The van der Waals surface area contributed by atoms with E-state index in [1.54, 1.807) is 24.3 Å². The molecular weight excluding hydrogens is 308 g/mol. The van der Waals surface area contributed by atoms with Crippen molar-refractivity contribution in [2.45, 2.75) is 13.3 Å². The van der Waals surface area contributed by atoms with Crippen LogP contribution in [-0.4, -0.2) is 4.57 Å². The summed E-state index contributed by atoms with van der Waals surface area (Å²) >= 11 is 6.11. The van der Waals surface area contributed by atoms with E-state index in [4.69, 9.17) is 11.6 Å². The molecule has 0 aliphatic rings. The van der Waals surface area contributed by atoms with Crippen LogP contribution in [0.2, 0.25) is 5.02 Å². The van der Waals surface area contributed by atoms with Crippen molar-refractivity contribution in [1.82, 2.24) is 4.57 Å². The van der Waals surface area contributed by atoms with E-state index in [0.717, 1.165) is 18.2 Å². The van der Waals surface area contributed by atoms with E-state index in [2.05, 4.69) is 0 Å². The van der Waals surface area contributed by atoms with Crippen LogP contribution < -0.4 is 5.56 Å². The maximum Gasteiger partial charge on any atom is 0.264 e. The maximum atomic E-state index is 14.1. The summed E-state index contributed by atoms with van der Waals surface area (Å²) in [5.41, 5.74) is 0.0254. The van der Waals surface area contributed by atoms with Gasteiger partial charge in [-0.15, -0.1) is 0 Å². The third-order valence-electron chi connectivity index (χ3n) is 3.58. The van der Waals surface area contributed by atoms with Crippen LogP contribution in [0, 0.1) is 11.6 Å². The van der Waals surface area contributed by atoms with Crippen LogP contribution in [0.25, 0.3) is 16.5 Å². The molecule has 22 heavy (non-hydrogen) atoms. The summed E-state index contributed by atoms with van der Waals surface area (Å²) in [6.45, 7) is 1.85. The highest BCUT2D eigenvalue weighted by atomic mass is 35.5. The summed E-state index contributed by atoms with van der Waals surface area (Å²) in [5.74, 6) is -1.27. The van der Waals surface area contributed by atoms with Crippen molar-refractivity contribution in [3.63, 3.8) is 0 Å². The second-order valence-corrected chi connectivity index (χ2v) is 5.34. The first kappa shape index (κ1) is 14.7. The lowest BCUT2D eigenvalue weighted by Gasteiger charge is -2.14. The van der Waals surface area contributed by atoms with Gasteiger partial charge in [0.15, 0.2) is 0 Å². The number of aryl methyl sites for hydroxylation is 1. The Hall–Kier alpha value is -2.20. The fraction of sp³-hybridized carbons (Fsp3) is 0.118. The van der Waals surface area contributed by atoms with Crippen molar-refractivity contribution in [1.29, 1.82) is 0 Å². The first-order valence-corrected chi connectivity index (χ1v) is 7.19. The van der Waals surface area contributed by atoms with E-state index in [-0.39, 0.29) is 10.7 Å². The van der Waals surface area contributed by atoms with Crippen molar-refractivity contribution < 1.29 is 8.78 Å². The largest absolute Gasteiger partial charge is 0.278 e. The lowest BCUT2D eigenvalue weighted by atomic mass is 10.1. The molecule has 5 heteroatoms. The molecule has 112 valence electrons. The molecule has 1 aromatic heterocycles. The fourth-order valence-electron chi connectivity index (χ4n) is 2.55. The lowest BCUT2D eigenvalue weighted by molar-refractivity contribution is 0.589. The minimum atomic E-state index is -0.662. The molecule has 1 heterocycles. The molecule has 3 rings (SSSR count). The molecule has 0 fully saturated rings. The van der Waals surface area contributed by atoms with E-state index >= 15 is 0 Å². The molecule has 0 bridgehead atoms. The molecule has 0 spiro atoms. The quantitative estimate of drug-likeness (QED) is 0.682. The summed E-state index contributed by atoms with van der Waals surface area (Å²) in [5, 5.41) is 1.27. The molecule has 0 saturated heterocycles. The fourth-order valence-corrected chi connectivity index (χ4v) is 2.82.